The fraction of sp³-hybridized carbons (Fsp3) is 0.143. The molecule has 0 unspecified atom stereocenters. The molecule has 0 radical (unpaired) electrons. The van der Waals surface area contributed by atoms with Crippen LogP contribution < -0.4 is 14.9 Å². The van der Waals surface area contributed by atoms with Gasteiger partial charge in [-0.3, -0.25) is 4.79 Å². The molecule has 0 bridgehead atoms. The van der Waals surface area contributed by atoms with Gasteiger partial charge in [-0.15, -0.1) is 11.3 Å². The Kier molecular flexibility index (Phi) is 4.24. The van der Waals surface area contributed by atoms with Gasteiger partial charge in [0.1, 0.15) is 4.34 Å². The second-order valence-electron chi connectivity index (χ2n) is 4.44. The number of nitrogens with one attached hydrogen (secondary N) is 1. The van der Waals surface area contributed by atoms with Crippen molar-refractivity contribution in [3.63, 3.8) is 0 Å². The summed E-state index contributed by atoms with van der Waals surface area (Å²) in [6, 6.07) is 6.64. The highest BCUT2D eigenvalue weighted by atomic mass is 35.5. The first kappa shape index (κ1) is 15.1. The number of amides is 1. The largest absolute Gasteiger partial charge is 0.454 e. The Morgan fingerprint density at radius 2 is 2.05 bits per heavy atom. The lowest BCUT2D eigenvalue weighted by molar-refractivity contribution is 0.0954. The molecular weight excluding hydrogens is 347 g/mol. The number of fused-ring (bicyclic) bond motifs is 1. The molecule has 0 saturated heterocycles. The first-order valence-corrected chi connectivity index (χ1v) is 7.81. The fourth-order valence-corrected chi connectivity index (χ4v) is 3.45. The summed E-state index contributed by atoms with van der Waals surface area (Å²) >= 11 is 13.2. The zero-order valence-corrected chi connectivity index (χ0v) is 13.7. The summed E-state index contributed by atoms with van der Waals surface area (Å²) in [7, 11) is 0. The molecule has 1 aliphatic rings. The summed E-state index contributed by atoms with van der Waals surface area (Å²) in [6.45, 7) is 1.90. The smallest absolute Gasteiger partial charge is 0.271 e. The van der Waals surface area contributed by atoms with Gasteiger partial charge in [0.05, 0.1) is 10.0 Å². The molecule has 2 aromatic rings. The van der Waals surface area contributed by atoms with Crippen LogP contribution >= 0.6 is 34.5 Å². The maximum absolute atomic E-state index is 12.1. The van der Waals surface area contributed by atoms with E-state index in [1.807, 2.05) is 0 Å². The van der Waals surface area contributed by atoms with Gasteiger partial charge in [-0.25, -0.2) is 5.43 Å². The van der Waals surface area contributed by atoms with E-state index in [1.54, 1.807) is 31.2 Å². The van der Waals surface area contributed by atoms with Crippen LogP contribution in [0.15, 0.2) is 29.4 Å². The predicted molar refractivity (Wildman–Crippen MR) is 86.6 cm³/mol. The number of nitrogens with zero attached hydrogens (tertiary/aromatic N) is 1. The van der Waals surface area contributed by atoms with Crippen molar-refractivity contribution in [3.8, 4) is 11.5 Å². The van der Waals surface area contributed by atoms with E-state index in [9.17, 15) is 4.79 Å². The average molecular weight is 357 g/mol. The molecule has 0 aliphatic carbocycles. The van der Waals surface area contributed by atoms with Gasteiger partial charge >= 0.3 is 0 Å². The lowest BCUT2D eigenvalue weighted by atomic mass is 10.2. The summed E-state index contributed by atoms with van der Waals surface area (Å²) in [5.74, 6) is 0.812. The number of carbonyl (C=O) groups excluding carboxylic acids is 1. The lowest BCUT2D eigenvalue weighted by Crippen LogP contribution is -2.19. The minimum Gasteiger partial charge on any atom is -0.454 e. The Morgan fingerprint density at radius 1 is 1.27 bits per heavy atom. The maximum Gasteiger partial charge on any atom is 0.271 e. The molecule has 1 aromatic heterocycles. The number of thiophene rings is 1. The van der Waals surface area contributed by atoms with Gasteiger partial charge in [-0.2, -0.15) is 5.10 Å². The third-order valence-electron chi connectivity index (χ3n) is 3.01. The van der Waals surface area contributed by atoms with Gasteiger partial charge in [0.2, 0.25) is 6.79 Å². The standard InChI is InChI=1S/C14H10Cl2N2O3S/c1-7(9-5-12(15)22-13(9)16)17-18-14(19)8-2-3-10-11(4-8)21-6-20-10/h2-5H,6H2,1H3,(H,18,19)/b17-7-. The van der Waals surface area contributed by atoms with Crippen molar-refractivity contribution >= 4 is 46.2 Å². The van der Waals surface area contributed by atoms with Crippen molar-refractivity contribution < 1.29 is 14.3 Å². The zero-order valence-electron chi connectivity index (χ0n) is 11.4. The van der Waals surface area contributed by atoms with E-state index in [4.69, 9.17) is 32.7 Å². The molecule has 0 atom stereocenters. The van der Waals surface area contributed by atoms with Crippen LogP contribution in [-0.2, 0) is 0 Å². The van der Waals surface area contributed by atoms with Crippen LogP contribution in [-0.4, -0.2) is 18.4 Å². The van der Waals surface area contributed by atoms with E-state index >= 15 is 0 Å². The van der Waals surface area contributed by atoms with Crippen molar-refractivity contribution in [1.29, 1.82) is 0 Å². The van der Waals surface area contributed by atoms with Gasteiger partial charge in [-0.1, -0.05) is 23.2 Å². The fourth-order valence-electron chi connectivity index (χ4n) is 1.88. The monoisotopic (exact) mass is 356 g/mol. The number of hydrogen-bond acceptors (Lipinski definition) is 5. The normalized spacial score (nSPS) is 13.3. The Balaban J connectivity index is 1.74. The minimum atomic E-state index is -0.352. The number of carbonyl (C=O) groups is 1. The minimum absolute atomic E-state index is 0.162. The van der Waals surface area contributed by atoms with Gasteiger partial charge in [0.15, 0.2) is 11.5 Å². The van der Waals surface area contributed by atoms with Gasteiger partial charge in [0.25, 0.3) is 5.91 Å². The third-order valence-corrected chi connectivity index (χ3v) is 4.49. The second kappa shape index (κ2) is 6.16. The molecule has 114 valence electrons. The van der Waals surface area contributed by atoms with E-state index in [-0.39, 0.29) is 12.7 Å². The molecule has 1 aromatic carbocycles. The average Bonchev–Trinajstić information content (AvgIpc) is 3.09. The number of ether oxygens (including phenoxy) is 2. The van der Waals surface area contributed by atoms with E-state index in [1.165, 1.54) is 11.3 Å². The molecule has 5 nitrogen and oxygen atoms in total. The van der Waals surface area contributed by atoms with Crippen LogP contribution in [0.1, 0.15) is 22.8 Å². The number of rotatable bonds is 3. The molecular formula is C14H10Cl2N2O3S. The maximum atomic E-state index is 12.1. The highest BCUT2D eigenvalue weighted by Crippen LogP contribution is 2.33. The molecule has 8 heteroatoms. The summed E-state index contributed by atoms with van der Waals surface area (Å²) in [5, 5.41) is 4.05. The zero-order chi connectivity index (χ0) is 15.7. The first-order chi connectivity index (χ1) is 10.5. The quantitative estimate of drug-likeness (QED) is 0.669. The van der Waals surface area contributed by atoms with E-state index in [2.05, 4.69) is 10.5 Å². The molecule has 3 rings (SSSR count). The third kappa shape index (κ3) is 3.04. The molecule has 22 heavy (non-hydrogen) atoms. The Hall–Kier alpha value is -1.76. The first-order valence-electron chi connectivity index (χ1n) is 6.24. The van der Waals surface area contributed by atoms with Crippen LogP contribution in [0.5, 0.6) is 11.5 Å². The van der Waals surface area contributed by atoms with Crippen LogP contribution in [0.3, 0.4) is 0 Å². The Labute approximate surface area is 140 Å². The Morgan fingerprint density at radius 3 is 2.77 bits per heavy atom. The van der Waals surface area contributed by atoms with Crippen molar-refractivity contribution in [3.05, 3.63) is 44.1 Å². The molecule has 2 heterocycles. The highest BCUT2D eigenvalue weighted by Gasteiger charge is 2.16. The molecule has 1 N–H and O–H groups in total. The van der Waals surface area contributed by atoms with E-state index in [0.29, 0.717) is 37.0 Å². The Bertz CT molecular complexity index is 773. The van der Waals surface area contributed by atoms with Gasteiger partial charge in [-0.05, 0) is 31.2 Å². The van der Waals surface area contributed by atoms with Crippen molar-refractivity contribution in [2.75, 3.05) is 6.79 Å². The van der Waals surface area contributed by atoms with Crippen LogP contribution in [0.4, 0.5) is 0 Å². The van der Waals surface area contributed by atoms with Crippen LogP contribution in [0.25, 0.3) is 0 Å². The summed E-state index contributed by atoms with van der Waals surface area (Å²) in [4.78, 5) is 12.1. The van der Waals surface area contributed by atoms with Crippen LogP contribution in [0, 0.1) is 0 Å². The van der Waals surface area contributed by atoms with E-state index < -0.39 is 0 Å². The van der Waals surface area contributed by atoms with Crippen molar-refractivity contribution in [2.45, 2.75) is 6.92 Å². The van der Waals surface area contributed by atoms with Crippen molar-refractivity contribution in [2.24, 2.45) is 5.10 Å². The number of halogens is 2. The highest BCUT2D eigenvalue weighted by molar-refractivity contribution is 7.20. The van der Waals surface area contributed by atoms with Crippen LogP contribution in [0.2, 0.25) is 8.67 Å². The predicted octanol–water partition coefficient (Wildman–Crippen LogP) is 3.94. The lowest BCUT2D eigenvalue weighted by Gasteiger charge is -2.03. The van der Waals surface area contributed by atoms with E-state index in [0.717, 1.165) is 0 Å². The van der Waals surface area contributed by atoms with Gasteiger partial charge < -0.3 is 9.47 Å². The number of hydrazone groups is 1. The SMILES string of the molecule is C/C(=N/NC(=O)c1ccc2c(c1)OCO2)c1cc(Cl)sc1Cl. The molecule has 0 spiro atoms. The molecule has 1 amide bonds. The summed E-state index contributed by atoms with van der Waals surface area (Å²) in [5.41, 5.74) is 4.18. The summed E-state index contributed by atoms with van der Waals surface area (Å²) in [6.07, 6.45) is 0. The number of benzene rings is 1. The summed E-state index contributed by atoms with van der Waals surface area (Å²) < 4.78 is 11.5. The van der Waals surface area contributed by atoms with Gasteiger partial charge in [0, 0.05) is 11.1 Å². The molecule has 1 aliphatic heterocycles. The number of hydrogen-bond donors (Lipinski definition) is 1. The topological polar surface area (TPSA) is 59.9 Å². The molecule has 0 fully saturated rings. The second-order valence-corrected chi connectivity index (χ2v) is 6.73. The van der Waals surface area contributed by atoms with Crippen molar-refractivity contribution in [1.82, 2.24) is 5.43 Å². The molecule has 0 saturated carbocycles.